The molecule has 4 nitrogen and oxygen atoms in total. The Labute approximate surface area is 132 Å². The number of likely N-dealkylation sites (tertiary alicyclic amines) is 1. The molecule has 0 spiro atoms. The molecule has 1 saturated heterocycles. The number of hydrogen-bond donors (Lipinski definition) is 1. The molecule has 1 aliphatic heterocycles. The van der Waals surface area contributed by atoms with Crippen LogP contribution in [0.1, 0.15) is 23.2 Å². The molecule has 2 heterocycles. The molecule has 0 saturated carbocycles. The fourth-order valence-electron chi connectivity index (χ4n) is 2.43. The Morgan fingerprint density at radius 1 is 1.10 bits per heavy atom. The monoisotopic (exact) mass is 345 g/mol. The van der Waals surface area contributed by atoms with Gasteiger partial charge in [-0.05, 0) is 43.2 Å². The van der Waals surface area contributed by atoms with Crippen molar-refractivity contribution in [1.82, 2.24) is 9.88 Å². The van der Waals surface area contributed by atoms with E-state index in [-0.39, 0.29) is 5.91 Å². The van der Waals surface area contributed by atoms with Gasteiger partial charge in [-0.2, -0.15) is 0 Å². The first-order valence-electron chi connectivity index (χ1n) is 6.99. The number of anilines is 2. The van der Waals surface area contributed by atoms with Crippen LogP contribution in [0, 0.1) is 0 Å². The van der Waals surface area contributed by atoms with E-state index in [1.165, 1.54) is 0 Å². The van der Waals surface area contributed by atoms with Gasteiger partial charge < -0.3 is 10.2 Å². The molecule has 0 aliphatic carbocycles. The number of amides is 1. The summed E-state index contributed by atoms with van der Waals surface area (Å²) in [5.74, 6) is 0.0689. The summed E-state index contributed by atoms with van der Waals surface area (Å²) in [6, 6.07) is 9.73. The lowest BCUT2D eigenvalue weighted by Gasteiger charge is -2.15. The van der Waals surface area contributed by atoms with Crippen LogP contribution < -0.4 is 5.32 Å². The summed E-state index contributed by atoms with van der Waals surface area (Å²) in [6.45, 7) is 1.70. The molecule has 1 fully saturated rings. The molecule has 21 heavy (non-hydrogen) atoms. The normalized spacial score (nSPS) is 14.2. The smallest absolute Gasteiger partial charge is 0.255 e. The summed E-state index contributed by atoms with van der Waals surface area (Å²) in [5, 5.41) is 3.26. The number of carbonyl (C=O) groups excluding carboxylic acids is 1. The number of hydrogen-bond acceptors (Lipinski definition) is 3. The molecule has 0 bridgehead atoms. The first-order valence-corrected chi connectivity index (χ1v) is 7.78. The summed E-state index contributed by atoms with van der Waals surface area (Å²) in [7, 11) is 0. The lowest BCUT2D eigenvalue weighted by molar-refractivity contribution is 0.0792. The second-order valence-corrected chi connectivity index (χ2v) is 6.01. The molecule has 0 radical (unpaired) electrons. The summed E-state index contributed by atoms with van der Waals surface area (Å²) in [5.41, 5.74) is 2.42. The van der Waals surface area contributed by atoms with Crippen molar-refractivity contribution in [1.29, 1.82) is 0 Å². The third-order valence-corrected chi connectivity index (χ3v) is 4.04. The van der Waals surface area contributed by atoms with Crippen molar-refractivity contribution in [2.24, 2.45) is 0 Å². The second kappa shape index (κ2) is 6.26. The van der Waals surface area contributed by atoms with Crippen LogP contribution in [0.5, 0.6) is 0 Å². The predicted molar refractivity (Wildman–Crippen MR) is 86.8 cm³/mol. The minimum absolute atomic E-state index is 0.0689. The molecule has 1 amide bonds. The van der Waals surface area contributed by atoms with Crippen molar-refractivity contribution in [3.8, 4) is 0 Å². The van der Waals surface area contributed by atoms with Crippen molar-refractivity contribution in [3.63, 3.8) is 0 Å². The van der Waals surface area contributed by atoms with Crippen molar-refractivity contribution < 1.29 is 4.79 Å². The molecule has 1 N–H and O–H groups in total. The third kappa shape index (κ3) is 3.42. The second-order valence-electron chi connectivity index (χ2n) is 5.09. The molecule has 0 atom stereocenters. The maximum absolute atomic E-state index is 12.3. The summed E-state index contributed by atoms with van der Waals surface area (Å²) in [4.78, 5) is 18.4. The maximum Gasteiger partial charge on any atom is 0.255 e. The van der Waals surface area contributed by atoms with Crippen molar-refractivity contribution in [3.05, 3.63) is 52.8 Å². The van der Waals surface area contributed by atoms with Crippen LogP contribution in [0.3, 0.4) is 0 Å². The number of halogens is 1. The van der Waals surface area contributed by atoms with Crippen LogP contribution in [0.15, 0.2) is 47.2 Å². The minimum atomic E-state index is 0.0689. The number of rotatable bonds is 3. The zero-order chi connectivity index (χ0) is 14.7. The molecule has 5 heteroatoms. The predicted octanol–water partition coefficient (Wildman–Crippen LogP) is 3.82. The quantitative estimate of drug-likeness (QED) is 0.919. The summed E-state index contributed by atoms with van der Waals surface area (Å²) >= 11 is 3.41. The third-order valence-electron chi connectivity index (χ3n) is 3.51. The Balaban J connectivity index is 1.76. The topological polar surface area (TPSA) is 45.2 Å². The van der Waals surface area contributed by atoms with Gasteiger partial charge in [0.2, 0.25) is 0 Å². The van der Waals surface area contributed by atoms with E-state index in [1.807, 2.05) is 35.2 Å². The summed E-state index contributed by atoms with van der Waals surface area (Å²) in [6.07, 6.45) is 5.54. The molecule has 1 aliphatic rings. The number of carbonyl (C=O) groups is 1. The van der Waals surface area contributed by atoms with Crippen molar-refractivity contribution in [2.75, 3.05) is 18.4 Å². The van der Waals surface area contributed by atoms with Gasteiger partial charge in [0.1, 0.15) is 0 Å². The van der Waals surface area contributed by atoms with E-state index in [0.29, 0.717) is 5.56 Å². The highest BCUT2D eigenvalue weighted by atomic mass is 79.9. The Morgan fingerprint density at radius 2 is 1.81 bits per heavy atom. The molecule has 2 aromatic rings. The number of aromatic nitrogens is 1. The van der Waals surface area contributed by atoms with Crippen molar-refractivity contribution in [2.45, 2.75) is 12.8 Å². The standard InChI is InChI=1S/C16H16BrN3O/c17-13-3-5-14(6-4-13)19-15-9-12(10-18-11-15)16(21)20-7-1-2-8-20/h3-6,9-11,19H,1-2,7-8H2. The molecule has 108 valence electrons. The van der Waals surface area contributed by atoms with Gasteiger partial charge in [0.15, 0.2) is 0 Å². The Morgan fingerprint density at radius 3 is 2.52 bits per heavy atom. The lowest BCUT2D eigenvalue weighted by atomic mass is 10.2. The van der Waals surface area contributed by atoms with Crippen LogP contribution in [-0.4, -0.2) is 28.9 Å². The number of nitrogens with zero attached hydrogens (tertiary/aromatic N) is 2. The number of pyridine rings is 1. The van der Waals surface area contributed by atoms with Gasteiger partial charge in [-0.1, -0.05) is 15.9 Å². The van der Waals surface area contributed by atoms with Crippen LogP contribution in [0.2, 0.25) is 0 Å². The molecule has 3 rings (SSSR count). The van der Waals surface area contributed by atoms with Crippen LogP contribution in [-0.2, 0) is 0 Å². The SMILES string of the molecule is O=C(c1cncc(Nc2ccc(Br)cc2)c1)N1CCCC1. The number of nitrogens with one attached hydrogen (secondary N) is 1. The fourth-order valence-corrected chi connectivity index (χ4v) is 2.69. The van der Waals surface area contributed by atoms with Crippen LogP contribution >= 0.6 is 15.9 Å². The fraction of sp³-hybridized carbons (Fsp3) is 0.250. The van der Waals surface area contributed by atoms with Crippen LogP contribution in [0.4, 0.5) is 11.4 Å². The Bertz CT molecular complexity index is 636. The van der Waals surface area contributed by atoms with Gasteiger partial charge in [0, 0.05) is 29.4 Å². The van der Waals surface area contributed by atoms with Gasteiger partial charge in [-0.25, -0.2) is 0 Å². The largest absolute Gasteiger partial charge is 0.354 e. The number of benzene rings is 1. The zero-order valence-electron chi connectivity index (χ0n) is 11.6. The summed E-state index contributed by atoms with van der Waals surface area (Å²) < 4.78 is 1.03. The highest BCUT2D eigenvalue weighted by Crippen LogP contribution is 2.20. The molecule has 1 aromatic carbocycles. The zero-order valence-corrected chi connectivity index (χ0v) is 13.1. The van der Waals surface area contributed by atoms with E-state index in [9.17, 15) is 4.79 Å². The Kier molecular flexibility index (Phi) is 4.20. The van der Waals surface area contributed by atoms with Crippen molar-refractivity contribution >= 4 is 33.2 Å². The molecular weight excluding hydrogens is 330 g/mol. The van der Waals surface area contributed by atoms with E-state index >= 15 is 0 Å². The van der Waals surface area contributed by atoms with Gasteiger partial charge in [0.25, 0.3) is 5.91 Å². The van der Waals surface area contributed by atoms with Gasteiger partial charge >= 0.3 is 0 Å². The molecular formula is C16H16BrN3O. The van der Waals surface area contributed by atoms with Crippen LogP contribution in [0.25, 0.3) is 0 Å². The van der Waals surface area contributed by atoms with E-state index in [2.05, 4.69) is 26.2 Å². The van der Waals surface area contributed by atoms with E-state index in [0.717, 1.165) is 41.8 Å². The highest BCUT2D eigenvalue weighted by molar-refractivity contribution is 9.10. The molecule has 1 aromatic heterocycles. The first kappa shape index (κ1) is 14.1. The average molecular weight is 346 g/mol. The van der Waals surface area contributed by atoms with Gasteiger partial charge in [-0.3, -0.25) is 9.78 Å². The van der Waals surface area contributed by atoms with Gasteiger partial charge in [0.05, 0.1) is 17.4 Å². The van der Waals surface area contributed by atoms with Gasteiger partial charge in [-0.15, -0.1) is 0 Å². The average Bonchev–Trinajstić information content (AvgIpc) is 3.03. The Hall–Kier alpha value is -1.88. The minimum Gasteiger partial charge on any atom is -0.354 e. The van der Waals surface area contributed by atoms with E-state index in [4.69, 9.17) is 0 Å². The first-order chi connectivity index (χ1) is 10.2. The maximum atomic E-state index is 12.3. The highest BCUT2D eigenvalue weighted by Gasteiger charge is 2.19. The van der Waals surface area contributed by atoms with E-state index < -0.39 is 0 Å². The van der Waals surface area contributed by atoms with E-state index in [1.54, 1.807) is 12.4 Å². The molecule has 0 unspecified atom stereocenters. The lowest BCUT2D eigenvalue weighted by Crippen LogP contribution is -2.27.